The van der Waals surface area contributed by atoms with Gasteiger partial charge in [-0.1, -0.05) is 6.07 Å². The number of pyridine rings is 1. The van der Waals surface area contributed by atoms with Gasteiger partial charge >= 0.3 is 11.8 Å². The van der Waals surface area contributed by atoms with Gasteiger partial charge in [-0.2, -0.15) is 5.10 Å². The van der Waals surface area contributed by atoms with Gasteiger partial charge in [-0.3, -0.25) is 19.3 Å². The minimum atomic E-state index is -0.711. The summed E-state index contributed by atoms with van der Waals surface area (Å²) < 4.78 is 1.68. The van der Waals surface area contributed by atoms with Crippen LogP contribution in [0.2, 0.25) is 0 Å². The maximum absolute atomic E-state index is 12.2. The third kappa shape index (κ3) is 3.65. The van der Waals surface area contributed by atoms with Crippen molar-refractivity contribution in [1.29, 1.82) is 0 Å². The molecule has 7 nitrogen and oxygen atoms in total. The Morgan fingerprint density at radius 1 is 1.20 bits per heavy atom. The normalized spacial score (nSPS) is 12.0. The first-order chi connectivity index (χ1) is 11.9. The van der Waals surface area contributed by atoms with Crippen molar-refractivity contribution in [2.45, 2.75) is 19.9 Å². The van der Waals surface area contributed by atoms with Gasteiger partial charge in [0.2, 0.25) is 0 Å². The summed E-state index contributed by atoms with van der Waals surface area (Å²) in [5.74, 6) is -1.40. The zero-order valence-electron chi connectivity index (χ0n) is 14.3. The molecule has 0 radical (unpaired) electrons. The Kier molecular flexibility index (Phi) is 4.47. The molecule has 0 aliphatic rings. The fourth-order valence-electron chi connectivity index (χ4n) is 2.72. The van der Waals surface area contributed by atoms with E-state index in [0.29, 0.717) is 5.69 Å². The number of fused-ring (bicyclic) bond motifs is 1. The Balaban J connectivity index is 1.67. The predicted molar refractivity (Wildman–Crippen MR) is 94.9 cm³/mol. The largest absolute Gasteiger partial charge is 0.341 e. The van der Waals surface area contributed by atoms with Gasteiger partial charge in [0.1, 0.15) is 0 Å². The minimum Gasteiger partial charge on any atom is -0.341 e. The quantitative estimate of drug-likeness (QED) is 0.716. The second-order valence-electron chi connectivity index (χ2n) is 5.90. The van der Waals surface area contributed by atoms with Crippen molar-refractivity contribution in [2.75, 3.05) is 5.32 Å². The third-order valence-corrected chi connectivity index (χ3v) is 3.93. The van der Waals surface area contributed by atoms with E-state index in [1.807, 2.05) is 39.2 Å². The van der Waals surface area contributed by atoms with Crippen molar-refractivity contribution < 1.29 is 9.59 Å². The highest BCUT2D eigenvalue weighted by atomic mass is 16.2. The summed E-state index contributed by atoms with van der Waals surface area (Å²) >= 11 is 0. The van der Waals surface area contributed by atoms with Crippen LogP contribution in [0.25, 0.3) is 10.9 Å². The fourth-order valence-corrected chi connectivity index (χ4v) is 2.72. The molecule has 0 saturated heterocycles. The summed E-state index contributed by atoms with van der Waals surface area (Å²) in [5, 5.41) is 10.4. The second-order valence-corrected chi connectivity index (χ2v) is 5.90. The summed E-state index contributed by atoms with van der Waals surface area (Å²) in [5.41, 5.74) is 3.06. The Morgan fingerprint density at radius 3 is 2.72 bits per heavy atom. The van der Waals surface area contributed by atoms with E-state index in [1.165, 1.54) is 0 Å². The van der Waals surface area contributed by atoms with E-state index in [-0.39, 0.29) is 6.04 Å². The highest BCUT2D eigenvalue weighted by molar-refractivity contribution is 6.39. The molecular formula is C18H19N5O2. The Morgan fingerprint density at radius 2 is 2.00 bits per heavy atom. The molecule has 0 saturated carbocycles. The van der Waals surface area contributed by atoms with Gasteiger partial charge in [-0.15, -0.1) is 0 Å². The highest BCUT2D eigenvalue weighted by Gasteiger charge is 2.19. The lowest BCUT2D eigenvalue weighted by Crippen LogP contribution is -2.37. The number of benzene rings is 1. The van der Waals surface area contributed by atoms with Crippen LogP contribution >= 0.6 is 0 Å². The maximum atomic E-state index is 12.2. The van der Waals surface area contributed by atoms with Crippen LogP contribution in [0.4, 0.5) is 5.69 Å². The van der Waals surface area contributed by atoms with Gasteiger partial charge < -0.3 is 10.6 Å². The lowest BCUT2D eigenvalue weighted by Gasteiger charge is -2.13. The van der Waals surface area contributed by atoms with Crippen molar-refractivity contribution >= 4 is 28.4 Å². The number of aromatic nitrogens is 3. The van der Waals surface area contributed by atoms with Crippen molar-refractivity contribution in [1.82, 2.24) is 20.1 Å². The summed E-state index contributed by atoms with van der Waals surface area (Å²) in [4.78, 5) is 28.5. The predicted octanol–water partition coefficient (Wildman–Crippen LogP) is 2.09. The first-order valence-corrected chi connectivity index (χ1v) is 7.91. The average Bonchev–Trinajstić information content (AvgIpc) is 2.93. The zero-order valence-corrected chi connectivity index (χ0v) is 14.3. The van der Waals surface area contributed by atoms with Gasteiger partial charge in [-0.05, 0) is 38.1 Å². The van der Waals surface area contributed by atoms with E-state index in [4.69, 9.17) is 0 Å². The highest BCUT2D eigenvalue weighted by Crippen LogP contribution is 2.18. The topological polar surface area (TPSA) is 88.9 Å². The fraction of sp³-hybridized carbons (Fsp3) is 0.222. The lowest BCUT2D eigenvalue weighted by molar-refractivity contribution is -0.136. The standard InChI is InChI=1S/C18H19N5O2/c1-11(15-10-23(3)22-12(15)2)20-17(24)18(25)21-14-6-7-16-13(9-14)5-4-8-19-16/h4-11H,1-3H3,(H,20,24)(H,21,25)/t11-/m0/s1. The Bertz CT molecular complexity index is 948. The Hall–Kier alpha value is -3.22. The first-order valence-electron chi connectivity index (χ1n) is 7.91. The zero-order chi connectivity index (χ0) is 18.0. The molecule has 3 aromatic rings. The molecule has 0 aliphatic heterocycles. The molecule has 0 bridgehead atoms. The molecular weight excluding hydrogens is 318 g/mol. The van der Waals surface area contributed by atoms with Crippen LogP contribution in [-0.2, 0) is 16.6 Å². The van der Waals surface area contributed by atoms with Gasteiger partial charge in [0.15, 0.2) is 0 Å². The van der Waals surface area contributed by atoms with E-state index in [1.54, 1.807) is 29.1 Å². The van der Waals surface area contributed by atoms with Crippen molar-refractivity contribution in [3.8, 4) is 0 Å². The summed E-state index contributed by atoms with van der Waals surface area (Å²) in [6.45, 7) is 3.68. The van der Waals surface area contributed by atoms with Crippen LogP contribution in [0.15, 0.2) is 42.7 Å². The number of hydrogen-bond donors (Lipinski definition) is 2. The molecule has 2 amide bonds. The summed E-state index contributed by atoms with van der Waals surface area (Å²) in [6, 6.07) is 8.69. The molecule has 0 aliphatic carbocycles. The third-order valence-electron chi connectivity index (χ3n) is 3.93. The molecule has 0 fully saturated rings. The molecule has 3 rings (SSSR count). The van der Waals surface area contributed by atoms with E-state index >= 15 is 0 Å². The number of hydrogen-bond acceptors (Lipinski definition) is 4. The van der Waals surface area contributed by atoms with Crippen LogP contribution in [0.5, 0.6) is 0 Å². The smallest absolute Gasteiger partial charge is 0.313 e. The number of carbonyl (C=O) groups excluding carboxylic acids is 2. The maximum Gasteiger partial charge on any atom is 0.313 e. The summed E-state index contributed by atoms with van der Waals surface area (Å²) in [6.07, 6.45) is 3.53. The van der Waals surface area contributed by atoms with Gasteiger partial charge in [0.25, 0.3) is 0 Å². The lowest BCUT2D eigenvalue weighted by atomic mass is 10.1. The number of nitrogens with one attached hydrogen (secondary N) is 2. The first kappa shape index (κ1) is 16.6. The van der Waals surface area contributed by atoms with Crippen LogP contribution < -0.4 is 10.6 Å². The molecule has 1 atom stereocenters. The number of rotatable bonds is 3. The van der Waals surface area contributed by atoms with Crippen LogP contribution in [0, 0.1) is 6.92 Å². The van der Waals surface area contributed by atoms with Crippen molar-refractivity contribution in [3.63, 3.8) is 0 Å². The van der Waals surface area contributed by atoms with Gasteiger partial charge in [-0.25, -0.2) is 0 Å². The number of nitrogens with zero attached hydrogens (tertiary/aromatic N) is 3. The van der Waals surface area contributed by atoms with E-state index in [2.05, 4.69) is 20.7 Å². The van der Waals surface area contributed by atoms with E-state index < -0.39 is 11.8 Å². The van der Waals surface area contributed by atoms with E-state index in [0.717, 1.165) is 22.2 Å². The average molecular weight is 337 g/mol. The van der Waals surface area contributed by atoms with E-state index in [9.17, 15) is 9.59 Å². The second kappa shape index (κ2) is 6.72. The molecule has 128 valence electrons. The van der Waals surface area contributed by atoms with Gasteiger partial charge in [0, 0.05) is 36.1 Å². The van der Waals surface area contributed by atoms with Crippen LogP contribution in [0.1, 0.15) is 24.2 Å². The molecule has 0 spiro atoms. The monoisotopic (exact) mass is 337 g/mol. The molecule has 2 heterocycles. The molecule has 0 unspecified atom stereocenters. The Labute approximate surface area is 145 Å². The molecule has 2 aromatic heterocycles. The SMILES string of the molecule is Cc1nn(C)cc1[C@H](C)NC(=O)C(=O)Nc1ccc2ncccc2c1. The molecule has 1 aromatic carbocycles. The molecule has 7 heteroatoms. The van der Waals surface area contributed by atoms with Crippen molar-refractivity contribution in [2.24, 2.45) is 7.05 Å². The number of aryl methyl sites for hydroxylation is 2. The van der Waals surface area contributed by atoms with Gasteiger partial charge in [0.05, 0.1) is 17.3 Å². The molecule has 25 heavy (non-hydrogen) atoms. The number of anilines is 1. The number of amides is 2. The molecule has 2 N–H and O–H groups in total. The van der Waals surface area contributed by atoms with Crippen molar-refractivity contribution in [3.05, 3.63) is 54.0 Å². The minimum absolute atomic E-state index is 0.312. The van der Waals surface area contributed by atoms with Crippen LogP contribution in [-0.4, -0.2) is 26.6 Å². The summed E-state index contributed by atoms with van der Waals surface area (Å²) in [7, 11) is 1.81. The number of carbonyl (C=O) groups is 2. The van der Waals surface area contributed by atoms with Crippen LogP contribution in [0.3, 0.4) is 0 Å².